The molecule has 0 aromatic rings. The van der Waals surface area contributed by atoms with Gasteiger partial charge in [0.25, 0.3) is 0 Å². The maximum atomic E-state index is 6.49. The average molecular weight is 291 g/mol. The van der Waals surface area contributed by atoms with Crippen LogP contribution in [-0.2, 0) is 0 Å². The second kappa shape index (κ2) is 5.21. The van der Waals surface area contributed by atoms with Gasteiger partial charge in [-0.05, 0) is 69.2 Å². The molecule has 1 aliphatic heterocycles. The first-order valence-corrected chi connectivity index (χ1v) is 9.32. The lowest BCUT2D eigenvalue weighted by atomic mass is 9.48. The van der Waals surface area contributed by atoms with Crippen molar-refractivity contribution in [2.45, 2.75) is 57.0 Å². The molecule has 3 heteroatoms. The second-order valence-electron chi connectivity index (χ2n) is 8.49. The van der Waals surface area contributed by atoms with Crippen molar-refractivity contribution in [3.63, 3.8) is 0 Å². The molecule has 5 fully saturated rings. The number of nitrogens with zero attached hydrogens (tertiary/aromatic N) is 2. The van der Waals surface area contributed by atoms with Crippen LogP contribution in [0.25, 0.3) is 0 Å². The van der Waals surface area contributed by atoms with Crippen LogP contribution in [0.5, 0.6) is 0 Å². The molecule has 2 N–H and O–H groups in total. The van der Waals surface area contributed by atoms with E-state index in [2.05, 4.69) is 23.8 Å². The first kappa shape index (κ1) is 14.5. The van der Waals surface area contributed by atoms with E-state index in [0.717, 1.165) is 36.3 Å². The molecule has 5 rings (SSSR count). The van der Waals surface area contributed by atoms with Crippen LogP contribution in [0.2, 0.25) is 0 Å². The molecule has 0 aromatic carbocycles. The SMILES string of the molecule is CCC1CN(C2(CN)C3CC4CC(C3)CC2C4)CCN1C. The molecule has 1 atom stereocenters. The molecule has 0 radical (unpaired) electrons. The summed E-state index contributed by atoms with van der Waals surface area (Å²) in [7, 11) is 2.30. The van der Waals surface area contributed by atoms with Crippen LogP contribution in [0.4, 0.5) is 0 Å². The fourth-order valence-corrected chi connectivity index (χ4v) is 6.74. The van der Waals surface area contributed by atoms with E-state index in [1.807, 2.05) is 0 Å². The van der Waals surface area contributed by atoms with E-state index in [4.69, 9.17) is 5.73 Å². The Morgan fingerprint density at radius 2 is 1.62 bits per heavy atom. The summed E-state index contributed by atoms with van der Waals surface area (Å²) in [4.78, 5) is 5.44. The van der Waals surface area contributed by atoms with Crippen LogP contribution in [0.15, 0.2) is 0 Å². The van der Waals surface area contributed by atoms with Crippen LogP contribution < -0.4 is 5.73 Å². The summed E-state index contributed by atoms with van der Waals surface area (Å²) >= 11 is 0. The number of piperazine rings is 1. The standard InChI is InChI=1S/C18H33N3/c1-3-17-11-21(5-4-20(17)2)18(12-19)15-7-13-6-14(9-15)10-16(18)8-13/h13-17H,3-12,19H2,1-2H3. The zero-order valence-corrected chi connectivity index (χ0v) is 13.9. The normalized spacial score (nSPS) is 50.7. The molecule has 4 aliphatic carbocycles. The van der Waals surface area contributed by atoms with Gasteiger partial charge in [0.2, 0.25) is 0 Å². The van der Waals surface area contributed by atoms with Gasteiger partial charge in [-0.1, -0.05) is 6.92 Å². The highest BCUT2D eigenvalue weighted by molar-refractivity contribution is 5.13. The molecule has 1 saturated heterocycles. The van der Waals surface area contributed by atoms with E-state index in [0.29, 0.717) is 5.54 Å². The Morgan fingerprint density at radius 1 is 1.00 bits per heavy atom. The van der Waals surface area contributed by atoms with Gasteiger partial charge in [0.1, 0.15) is 0 Å². The van der Waals surface area contributed by atoms with Gasteiger partial charge in [-0.2, -0.15) is 0 Å². The number of hydrogen-bond donors (Lipinski definition) is 1. The molecule has 5 aliphatic rings. The third kappa shape index (κ3) is 2.04. The van der Waals surface area contributed by atoms with E-state index in [1.165, 1.54) is 58.2 Å². The van der Waals surface area contributed by atoms with Crippen molar-refractivity contribution in [3.8, 4) is 0 Å². The zero-order chi connectivity index (χ0) is 14.6. The molecule has 21 heavy (non-hydrogen) atoms. The highest BCUT2D eigenvalue weighted by Crippen LogP contribution is 2.60. The Hall–Kier alpha value is -0.120. The molecule has 4 bridgehead atoms. The van der Waals surface area contributed by atoms with Gasteiger partial charge in [0, 0.05) is 37.8 Å². The van der Waals surface area contributed by atoms with Crippen molar-refractivity contribution >= 4 is 0 Å². The van der Waals surface area contributed by atoms with Gasteiger partial charge in [-0.15, -0.1) is 0 Å². The first-order valence-electron chi connectivity index (χ1n) is 9.32. The maximum Gasteiger partial charge on any atom is 0.0389 e. The van der Waals surface area contributed by atoms with Crippen LogP contribution in [0.3, 0.4) is 0 Å². The number of nitrogens with two attached hydrogens (primary N) is 1. The van der Waals surface area contributed by atoms with E-state index in [9.17, 15) is 0 Å². The van der Waals surface area contributed by atoms with E-state index in [1.54, 1.807) is 0 Å². The monoisotopic (exact) mass is 291 g/mol. The number of likely N-dealkylation sites (N-methyl/N-ethyl adjacent to an activating group) is 1. The van der Waals surface area contributed by atoms with E-state index >= 15 is 0 Å². The topological polar surface area (TPSA) is 32.5 Å². The fraction of sp³-hybridized carbons (Fsp3) is 1.00. The van der Waals surface area contributed by atoms with E-state index in [-0.39, 0.29) is 0 Å². The molecule has 0 aromatic heterocycles. The van der Waals surface area contributed by atoms with Crippen molar-refractivity contribution in [1.29, 1.82) is 0 Å². The quantitative estimate of drug-likeness (QED) is 0.865. The van der Waals surface area contributed by atoms with Crippen LogP contribution >= 0.6 is 0 Å². The number of rotatable bonds is 3. The predicted molar refractivity (Wildman–Crippen MR) is 87.1 cm³/mol. The Labute approximate surface area is 130 Å². The van der Waals surface area contributed by atoms with Gasteiger partial charge in [-0.25, -0.2) is 0 Å². The fourth-order valence-electron chi connectivity index (χ4n) is 6.74. The Morgan fingerprint density at radius 3 is 2.14 bits per heavy atom. The van der Waals surface area contributed by atoms with Gasteiger partial charge in [0.05, 0.1) is 0 Å². The highest BCUT2D eigenvalue weighted by atomic mass is 15.3. The first-order chi connectivity index (χ1) is 10.2. The van der Waals surface area contributed by atoms with Crippen molar-refractivity contribution in [1.82, 2.24) is 9.80 Å². The maximum absolute atomic E-state index is 6.49. The second-order valence-corrected chi connectivity index (χ2v) is 8.49. The minimum atomic E-state index is 0.363. The highest BCUT2D eigenvalue weighted by Gasteiger charge is 2.59. The minimum absolute atomic E-state index is 0.363. The minimum Gasteiger partial charge on any atom is -0.329 e. The Bertz CT molecular complexity index is 366. The Balaban J connectivity index is 1.61. The predicted octanol–water partition coefficient (Wildman–Crippen LogP) is 2.17. The Kier molecular flexibility index (Phi) is 3.59. The molecular weight excluding hydrogens is 258 g/mol. The van der Waals surface area contributed by atoms with Crippen molar-refractivity contribution in [2.24, 2.45) is 29.4 Å². The van der Waals surface area contributed by atoms with Crippen LogP contribution in [0, 0.1) is 23.7 Å². The van der Waals surface area contributed by atoms with E-state index < -0.39 is 0 Å². The third-order valence-corrected chi connectivity index (χ3v) is 7.72. The molecule has 3 nitrogen and oxygen atoms in total. The summed E-state index contributed by atoms with van der Waals surface area (Å²) in [6.45, 7) is 6.98. The summed E-state index contributed by atoms with van der Waals surface area (Å²) < 4.78 is 0. The van der Waals surface area contributed by atoms with Crippen molar-refractivity contribution in [3.05, 3.63) is 0 Å². The summed E-state index contributed by atoms with van der Waals surface area (Å²) in [6, 6.07) is 0.736. The van der Waals surface area contributed by atoms with Gasteiger partial charge in [0.15, 0.2) is 0 Å². The molecule has 0 spiro atoms. The van der Waals surface area contributed by atoms with Gasteiger partial charge in [-0.3, -0.25) is 4.90 Å². The molecule has 120 valence electrons. The lowest BCUT2D eigenvalue weighted by Gasteiger charge is -2.66. The average Bonchev–Trinajstić information content (AvgIpc) is 2.48. The van der Waals surface area contributed by atoms with Gasteiger partial charge < -0.3 is 10.6 Å². The lowest BCUT2D eigenvalue weighted by molar-refractivity contribution is -0.145. The molecular formula is C18H33N3. The van der Waals surface area contributed by atoms with Crippen molar-refractivity contribution in [2.75, 3.05) is 33.2 Å². The van der Waals surface area contributed by atoms with Gasteiger partial charge >= 0.3 is 0 Å². The summed E-state index contributed by atoms with van der Waals surface area (Å²) in [5, 5.41) is 0. The molecule has 1 heterocycles. The number of hydrogen-bond acceptors (Lipinski definition) is 3. The summed E-state index contributed by atoms with van der Waals surface area (Å²) in [5.41, 5.74) is 6.85. The third-order valence-electron chi connectivity index (χ3n) is 7.72. The summed E-state index contributed by atoms with van der Waals surface area (Å²) in [6.07, 6.45) is 8.73. The van der Waals surface area contributed by atoms with Crippen molar-refractivity contribution < 1.29 is 0 Å². The summed E-state index contributed by atoms with van der Waals surface area (Å²) in [5.74, 6) is 3.89. The molecule has 0 amide bonds. The molecule has 1 unspecified atom stereocenters. The van der Waals surface area contributed by atoms with Crippen LogP contribution in [-0.4, -0.2) is 54.6 Å². The largest absolute Gasteiger partial charge is 0.329 e. The zero-order valence-electron chi connectivity index (χ0n) is 13.9. The lowest BCUT2D eigenvalue weighted by Crippen LogP contribution is -2.72. The van der Waals surface area contributed by atoms with Crippen LogP contribution in [0.1, 0.15) is 45.4 Å². The molecule has 4 saturated carbocycles. The smallest absolute Gasteiger partial charge is 0.0389 e.